The van der Waals surface area contributed by atoms with Gasteiger partial charge >= 0.3 is 0 Å². The van der Waals surface area contributed by atoms with Crippen molar-refractivity contribution in [3.8, 4) is 0 Å². The number of nitrogens with one attached hydrogen (secondary N) is 5. The minimum Gasteiger partial charge on any atom is -0.347 e. The van der Waals surface area contributed by atoms with Gasteiger partial charge in [-0.15, -0.1) is 0 Å². The van der Waals surface area contributed by atoms with Crippen molar-refractivity contribution < 1.29 is 38.4 Å². The molecule has 410 valence electrons. The van der Waals surface area contributed by atoms with Crippen LogP contribution in [-0.2, 0) is 41.6 Å². The number of carbonyl (C=O) groups is 8. The highest BCUT2D eigenvalue weighted by Crippen LogP contribution is 2.36. The van der Waals surface area contributed by atoms with E-state index in [0.29, 0.717) is 12.8 Å². The van der Waals surface area contributed by atoms with Crippen LogP contribution in [0.3, 0.4) is 0 Å². The number of nitrogens with two attached hydrogens (primary N) is 1. The summed E-state index contributed by atoms with van der Waals surface area (Å²) in [7, 11) is 0. The highest BCUT2D eigenvalue weighted by atomic mass is 16.2. The van der Waals surface area contributed by atoms with Crippen molar-refractivity contribution in [2.45, 2.75) is 181 Å². The number of hydrogen-bond donors (Lipinski definition) is 6. The molecule has 16 nitrogen and oxygen atoms in total. The second-order valence-electron chi connectivity index (χ2n) is 23.9. The molecule has 3 aromatic rings. The van der Waals surface area contributed by atoms with Crippen molar-refractivity contribution in [2.75, 3.05) is 13.1 Å². The SMILES string of the molecule is CC[C@H](C)C(=O)C[C@H](C(=O)N1C[C@@H](NC(=O)c2ccc(C(=O)N[C@H]3C[C@@H](C(=O)N[C@@H]4CCCc5ccccc54)N(C(=O)[C@@H](NC(=O)[C@@H](N)CC)C(C)(C)C)C3)cc2)C[C@H]1C(=O)N[C@@H]1CCCc2ccccc21)C(C)(C)C. The van der Waals surface area contributed by atoms with Gasteiger partial charge in [0.1, 0.15) is 23.9 Å². The molecule has 0 bridgehead atoms. The molecule has 3 aromatic carbocycles. The first-order chi connectivity index (χ1) is 36.0. The van der Waals surface area contributed by atoms with Crippen LogP contribution in [0.1, 0.15) is 175 Å². The van der Waals surface area contributed by atoms with Gasteiger partial charge in [0.2, 0.25) is 29.5 Å². The number of aryl methyl sites for hydroxylation is 2. The number of rotatable bonds is 17. The summed E-state index contributed by atoms with van der Waals surface area (Å²) >= 11 is 0. The normalized spacial score (nSPS) is 22.9. The van der Waals surface area contributed by atoms with E-state index in [1.807, 2.05) is 91.8 Å². The Morgan fingerprint density at radius 3 is 1.47 bits per heavy atom. The first-order valence-corrected chi connectivity index (χ1v) is 27.7. The van der Waals surface area contributed by atoms with Crippen molar-refractivity contribution in [3.63, 3.8) is 0 Å². The summed E-state index contributed by atoms with van der Waals surface area (Å²) in [6, 6.07) is 16.8. The zero-order valence-electron chi connectivity index (χ0n) is 46.1. The summed E-state index contributed by atoms with van der Waals surface area (Å²) in [5.74, 6) is -3.72. The van der Waals surface area contributed by atoms with Crippen molar-refractivity contribution in [1.82, 2.24) is 36.4 Å². The zero-order chi connectivity index (χ0) is 55.2. The van der Waals surface area contributed by atoms with Gasteiger partial charge in [0.05, 0.1) is 18.1 Å². The molecular weight excluding hydrogens is 961 g/mol. The number of likely N-dealkylation sites (tertiary alicyclic amines) is 2. The largest absolute Gasteiger partial charge is 0.347 e. The smallest absolute Gasteiger partial charge is 0.251 e. The summed E-state index contributed by atoms with van der Waals surface area (Å²) in [4.78, 5) is 116. The quantitative estimate of drug-likeness (QED) is 0.0877. The molecule has 2 aliphatic heterocycles. The van der Waals surface area contributed by atoms with E-state index in [0.717, 1.165) is 49.7 Å². The molecule has 0 spiro atoms. The molecule has 7 rings (SSSR count). The molecule has 2 fully saturated rings. The summed E-state index contributed by atoms with van der Waals surface area (Å²) in [5.41, 5.74) is 9.68. The monoisotopic (exact) mass is 1040 g/mol. The van der Waals surface area contributed by atoms with E-state index in [2.05, 4.69) is 38.7 Å². The Balaban J connectivity index is 1.06. The Bertz CT molecular complexity index is 2460. The lowest BCUT2D eigenvalue weighted by molar-refractivity contribution is -0.146. The van der Waals surface area contributed by atoms with Gasteiger partial charge < -0.3 is 42.1 Å². The molecule has 16 heteroatoms. The summed E-state index contributed by atoms with van der Waals surface area (Å²) in [5, 5.41) is 15.4. The van der Waals surface area contributed by atoms with E-state index in [1.54, 1.807) is 11.8 Å². The third kappa shape index (κ3) is 13.4. The minimum absolute atomic E-state index is 0.00464. The lowest BCUT2D eigenvalue weighted by Crippen LogP contribution is -2.59. The Labute approximate surface area is 449 Å². The predicted octanol–water partition coefficient (Wildman–Crippen LogP) is 6.41. The van der Waals surface area contributed by atoms with Gasteiger partial charge in [-0.05, 0) is 122 Å². The van der Waals surface area contributed by atoms with Crippen molar-refractivity contribution in [3.05, 3.63) is 106 Å². The lowest BCUT2D eigenvalue weighted by Gasteiger charge is -2.36. The van der Waals surface area contributed by atoms with Gasteiger partial charge in [-0.3, -0.25) is 38.4 Å². The number of hydrogen-bond acceptors (Lipinski definition) is 9. The third-order valence-electron chi connectivity index (χ3n) is 16.3. The maximum atomic E-state index is 14.7. The van der Waals surface area contributed by atoms with Crippen LogP contribution in [0, 0.1) is 22.7 Å². The van der Waals surface area contributed by atoms with Gasteiger partial charge in [-0.2, -0.15) is 0 Å². The fourth-order valence-corrected chi connectivity index (χ4v) is 11.4. The number of fused-ring (bicyclic) bond motifs is 2. The number of benzene rings is 3. The summed E-state index contributed by atoms with van der Waals surface area (Å²) < 4.78 is 0. The second-order valence-corrected chi connectivity index (χ2v) is 23.9. The van der Waals surface area contributed by atoms with Gasteiger partial charge in [0, 0.05) is 54.6 Å². The van der Waals surface area contributed by atoms with E-state index in [-0.39, 0.29) is 85.0 Å². The van der Waals surface area contributed by atoms with Gasteiger partial charge in [0.15, 0.2) is 0 Å². The first kappa shape index (κ1) is 57.3. The molecule has 0 aromatic heterocycles. The molecule has 0 radical (unpaired) electrons. The molecule has 2 heterocycles. The van der Waals surface area contributed by atoms with Crippen LogP contribution in [0.5, 0.6) is 0 Å². The minimum atomic E-state index is -1.02. The summed E-state index contributed by atoms with van der Waals surface area (Å²) in [6.45, 7) is 17.0. The molecule has 76 heavy (non-hydrogen) atoms. The molecule has 2 aliphatic carbocycles. The van der Waals surface area contributed by atoms with Crippen molar-refractivity contribution >= 4 is 47.1 Å². The standard InChI is InChI=1S/C60H82N8O8/c1-10-35(3)50(69)32-44(59(4,5)6)57(75)67-33-40(30-48(67)55(73)64-46-24-16-20-36-18-12-14-22-42(36)46)62-52(70)38-26-28-39(29-27-38)53(71)63-41-31-49(56(74)65-47-25-17-21-37-19-13-15-23-43(37)47)68(34-41)58(76)51(60(7,8)9)66-54(72)45(61)11-2/h12-15,18-19,22-23,26-29,35,40-41,44-49,51H,10-11,16-17,20-21,24-25,30-34,61H2,1-9H3,(H,62,70)(H,63,71)(H,64,73)(H,65,74)(H,66,72)/t35-,40-,41-,44+,45-,46+,47+,48-,49-,51+/m0/s1. The first-order valence-electron chi connectivity index (χ1n) is 27.7. The van der Waals surface area contributed by atoms with Crippen LogP contribution in [0.25, 0.3) is 0 Å². The van der Waals surface area contributed by atoms with E-state index in [9.17, 15) is 38.4 Å². The predicted molar refractivity (Wildman–Crippen MR) is 291 cm³/mol. The van der Waals surface area contributed by atoms with Crippen LogP contribution in [0.15, 0.2) is 72.8 Å². The fraction of sp³-hybridized carbons (Fsp3) is 0.567. The van der Waals surface area contributed by atoms with Crippen LogP contribution in [0.2, 0.25) is 0 Å². The zero-order valence-corrected chi connectivity index (χ0v) is 46.1. The Morgan fingerprint density at radius 2 is 1.05 bits per heavy atom. The van der Waals surface area contributed by atoms with Gasteiger partial charge in [-0.25, -0.2) is 0 Å². The molecule has 2 saturated heterocycles. The van der Waals surface area contributed by atoms with Crippen LogP contribution < -0.4 is 32.3 Å². The van der Waals surface area contributed by atoms with Crippen LogP contribution in [0.4, 0.5) is 0 Å². The van der Waals surface area contributed by atoms with Crippen molar-refractivity contribution in [2.24, 2.45) is 28.4 Å². The fourth-order valence-electron chi connectivity index (χ4n) is 11.4. The van der Waals surface area contributed by atoms with Gasteiger partial charge in [-0.1, -0.05) is 111 Å². The molecule has 0 unspecified atom stereocenters. The summed E-state index contributed by atoms with van der Waals surface area (Å²) in [6.07, 6.45) is 6.46. The molecule has 0 saturated carbocycles. The number of Topliss-reactive ketones (excluding diaryl/α,β-unsaturated/α-hetero) is 1. The van der Waals surface area contributed by atoms with Crippen LogP contribution in [-0.4, -0.2) is 106 Å². The number of carbonyl (C=O) groups excluding carboxylic acids is 8. The van der Waals surface area contributed by atoms with Crippen molar-refractivity contribution in [1.29, 1.82) is 0 Å². The molecule has 7 N–H and O–H groups in total. The number of ketones is 1. The highest BCUT2D eigenvalue weighted by Gasteiger charge is 2.48. The van der Waals surface area contributed by atoms with E-state index in [4.69, 9.17) is 5.73 Å². The number of amides is 7. The lowest BCUT2D eigenvalue weighted by atomic mass is 9.75. The molecule has 10 atom stereocenters. The topological polar surface area (TPSA) is 229 Å². The second kappa shape index (κ2) is 24.3. The average Bonchev–Trinajstić information content (AvgIpc) is 4.03. The molecule has 4 aliphatic rings. The Morgan fingerprint density at radius 1 is 0.605 bits per heavy atom. The van der Waals surface area contributed by atoms with E-state index < -0.39 is 76.6 Å². The third-order valence-corrected chi connectivity index (χ3v) is 16.3. The Kier molecular flexibility index (Phi) is 18.3. The van der Waals surface area contributed by atoms with E-state index in [1.165, 1.54) is 40.3 Å². The van der Waals surface area contributed by atoms with Gasteiger partial charge in [0.25, 0.3) is 11.8 Å². The average molecular weight is 1040 g/mol. The van der Waals surface area contributed by atoms with Crippen LogP contribution >= 0.6 is 0 Å². The molecular formula is C60H82N8O8. The Hall–Kier alpha value is -6.42. The highest BCUT2D eigenvalue weighted by molar-refractivity contribution is 5.99. The number of nitrogens with zero attached hydrogens (tertiary/aromatic N) is 2. The maximum absolute atomic E-state index is 14.7. The molecule has 7 amide bonds. The van der Waals surface area contributed by atoms with E-state index >= 15 is 0 Å². The maximum Gasteiger partial charge on any atom is 0.251 e.